The Morgan fingerprint density at radius 2 is 1.80 bits per heavy atom. The van der Waals surface area contributed by atoms with E-state index in [4.69, 9.17) is 5.73 Å². The van der Waals surface area contributed by atoms with Crippen molar-refractivity contribution < 1.29 is 0 Å². The summed E-state index contributed by atoms with van der Waals surface area (Å²) in [5.74, 6) is 0.813. The Morgan fingerprint density at radius 3 is 2.45 bits per heavy atom. The minimum atomic E-state index is 0.331. The van der Waals surface area contributed by atoms with Gasteiger partial charge in [0.25, 0.3) is 0 Å². The van der Waals surface area contributed by atoms with Gasteiger partial charge in [-0.2, -0.15) is 0 Å². The van der Waals surface area contributed by atoms with E-state index in [0.29, 0.717) is 6.04 Å². The fourth-order valence-corrected chi connectivity index (χ4v) is 2.56. The molecule has 2 N–H and O–H groups in total. The van der Waals surface area contributed by atoms with Crippen LogP contribution in [0.1, 0.15) is 18.4 Å². The van der Waals surface area contributed by atoms with Gasteiger partial charge >= 0.3 is 0 Å². The van der Waals surface area contributed by atoms with Gasteiger partial charge in [-0.25, -0.2) is 9.97 Å². The van der Waals surface area contributed by atoms with Gasteiger partial charge in [0.15, 0.2) is 0 Å². The van der Waals surface area contributed by atoms with E-state index in [1.54, 1.807) is 0 Å². The van der Waals surface area contributed by atoms with E-state index in [-0.39, 0.29) is 0 Å². The largest absolute Gasteiger partial charge is 0.341 e. The van der Waals surface area contributed by atoms with Crippen LogP contribution in [0.5, 0.6) is 0 Å². The molecule has 1 saturated heterocycles. The minimum Gasteiger partial charge on any atom is -0.341 e. The number of benzene rings is 1. The topological polar surface area (TPSA) is 55.0 Å². The summed E-state index contributed by atoms with van der Waals surface area (Å²) in [6.45, 7) is 3.99. The Balaban J connectivity index is 1.78. The van der Waals surface area contributed by atoms with Crippen LogP contribution in [0, 0.1) is 6.92 Å². The van der Waals surface area contributed by atoms with E-state index in [9.17, 15) is 0 Å². The summed E-state index contributed by atoms with van der Waals surface area (Å²) in [5.41, 5.74) is 9.39. The van der Waals surface area contributed by atoms with Crippen molar-refractivity contribution in [2.45, 2.75) is 25.8 Å². The van der Waals surface area contributed by atoms with Gasteiger partial charge in [0.1, 0.15) is 0 Å². The molecule has 0 spiro atoms. The number of nitrogens with zero attached hydrogens (tertiary/aromatic N) is 3. The first kappa shape index (κ1) is 13.1. The standard InChI is InChI=1S/C16H20N4/c1-12-3-2-4-13(9-12)14-10-18-16(19-11-14)20-7-5-15(17)6-8-20/h2-4,9-11,15H,5-8,17H2,1H3. The molecule has 0 bridgehead atoms. The highest BCUT2D eigenvalue weighted by Gasteiger charge is 2.18. The second kappa shape index (κ2) is 5.59. The molecule has 1 aromatic carbocycles. The molecule has 104 valence electrons. The highest BCUT2D eigenvalue weighted by atomic mass is 15.2. The van der Waals surface area contributed by atoms with E-state index in [2.05, 4.69) is 46.1 Å². The summed E-state index contributed by atoms with van der Waals surface area (Å²) in [6.07, 6.45) is 5.85. The molecular weight excluding hydrogens is 248 g/mol. The number of nitrogens with two attached hydrogens (primary N) is 1. The smallest absolute Gasteiger partial charge is 0.225 e. The monoisotopic (exact) mass is 268 g/mol. The maximum Gasteiger partial charge on any atom is 0.225 e. The Hall–Kier alpha value is -1.94. The van der Waals surface area contributed by atoms with Crippen LogP contribution in [0.15, 0.2) is 36.7 Å². The number of aromatic nitrogens is 2. The zero-order valence-electron chi connectivity index (χ0n) is 11.8. The van der Waals surface area contributed by atoms with Crippen LogP contribution in [0.4, 0.5) is 5.95 Å². The average Bonchev–Trinajstić information content (AvgIpc) is 2.48. The zero-order chi connectivity index (χ0) is 13.9. The third-order valence-corrected chi connectivity index (χ3v) is 3.81. The molecule has 1 aromatic heterocycles. The van der Waals surface area contributed by atoms with Crippen LogP contribution in [-0.2, 0) is 0 Å². The van der Waals surface area contributed by atoms with E-state index in [1.807, 2.05) is 12.4 Å². The number of rotatable bonds is 2. The molecule has 2 heterocycles. The predicted octanol–water partition coefficient (Wildman–Crippen LogP) is 2.38. The molecule has 1 fully saturated rings. The summed E-state index contributed by atoms with van der Waals surface area (Å²) in [4.78, 5) is 11.2. The predicted molar refractivity (Wildman–Crippen MR) is 81.6 cm³/mol. The Labute approximate surface area is 119 Å². The van der Waals surface area contributed by atoms with Crippen molar-refractivity contribution in [1.29, 1.82) is 0 Å². The third-order valence-electron chi connectivity index (χ3n) is 3.81. The molecule has 0 amide bonds. The van der Waals surface area contributed by atoms with Gasteiger partial charge < -0.3 is 10.6 Å². The highest BCUT2D eigenvalue weighted by molar-refractivity contribution is 5.62. The van der Waals surface area contributed by atoms with Gasteiger partial charge in [-0.1, -0.05) is 29.8 Å². The maximum absolute atomic E-state index is 5.92. The minimum absolute atomic E-state index is 0.331. The van der Waals surface area contributed by atoms with Crippen LogP contribution in [-0.4, -0.2) is 29.1 Å². The van der Waals surface area contributed by atoms with E-state index in [1.165, 1.54) is 5.56 Å². The van der Waals surface area contributed by atoms with Crippen molar-refractivity contribution in [3.8, 4) is 11.1 Å². The molecule has 0 aliphatic carbocycles. The van der Waals surface area contributed by atoms with Gasteiger partial charge in [0.2, 0.25) is 5.95 Å². The zero-order valence-corrected chi connectivity index (χ0v) is 11.8. The lowest BCUT2D eigenvalue weighted by molar-refractivity contribution is 0.495. The lowest BCUT2D eigenvalue weighted by Gasteiger charge is -2.30. The lowest BCUT2D eigenvalue weighted by Crippen LogP contribution is -2.40. The van der Waals surface area contributed by atoms with E-state index < -0.39 is 0 Å². The quantitative estimate of drug-likeness (QED) is 0.908. The van der Waals surface area contributed by atoms with Crippen LogP contribution in [0.2, 0.25) is 0 Å². The van der Waals surface area contributed by atoms with Crippen molar-refractivity contribution >= 4 is 5.95 Å². The first-order chi connectivity index (χ1) is 9.72. The second-order valence-electron chi connectivity index (χ2n) is 5.47. The Kier molecular flexibility index (Phi) is 3.65. The fraction of sp³-hybridized carbons (Fsp3) is 0.375. The van der Waals surface area contributed by atoms with Crippen LogP contribution >= 0.6 is 0 Å². The number of hydrogen-bond acceptors (Lipinski definition) is 4. The van der Waals surface area contributed by atoms with Crippen LogP contribution < -0.4 is 10.6 Å². The number of hydrogen-bond donors (Lipinski definition) is 1. The summed E-state index contributed by atoms with van der Waals surface area (Å²) < 4.78 is 0. The number of aryl methyl sites for hydroxylation is 1. The normalized spacial score (nSPS) is 16.4. The maximum atomic E-state index is 5.92. The fourth-order valence-electron chi connectivity index (χ4n) is 2.56. The van der Waals surface area contributed by atoms with E-state index >= 15 is 0 Å². The molecule has 1 aliphatic rings. The number of anilines is 1. The highest BCUT2D eigenvalue weighted by Crippen LogP contribution is 2.21. The lowest BCUT2D eigenvalue weighted by atomic mass is 10.1. The van der Waals surface area contributed by atoms with Crippen LogP contribution in [0.3, 0.4) is 0 Å². The molecule has 4 heteroatoms. The Morgan fingerprint density at radius 1 is 1.10 bits per heavy atom. The van der Waals surface area contributed by atoms with Crippen molar-refractivity contribution in [3.63, 3.8) is 0 Å². The first-order valence-electron chi connectivity index (χ1n) is 7.12. The van der Waals surface area contributed by atoms with Crippen molar-refractivity contribution in [2.75, 3.05) is 18.0 Å². The van der Waals surface area contributed by atoms with Gasteiger partial charge in [-0.15, -0.1) is 0 Å². The van der Waals surface area contributed by atoms with Gasteiger partial charge in [0, 0.05) is 37.1 Å². The first-order valence-corrected chi connectivity index (χ1v) is 7.12. The molecule has 0 saturated carbocycles. The van der Waals surface area contributed by atoms with Gasteiger partial charge in [-0.05, 0) is 25.3 Å². The van der Waals surface area contributed by atoms with Gasteiger partial charge in [0.05, 0.1) is 0 Å². The summed E-state index contributed by atoms with van der Waals surface area (Å²) >= 11 is 0. The molecular formula is C16H20N4. The molecule has 4 nitrogen and oxygen atoms in total. The molecule has 1 aliphatic heterocycles. The molecule has 0 unspecified atom stereocenters. The molecule has 2 aromatic rings. The molecule has 0 radical (unpaired) electrons. The number of piperidine rings is 1. The van der Waals surface area contributed by atoms with Gasteiger partial charge in [-0.3, -0.25) is 0 Å². The second-order valence-corrected chi connectivity index (χ2v) is 5.47. The van der Waals surface area contributed by atoms with Crippen LogP contribution in [0.25, 0.3) is 11.1 Å². The molecule has 3 rings (SSSR count). The summed E-state index contributed by atoms with van der Waals surface area (Å²) in [6, 6.07) is 8.72. The van der Waals surface area contributed by atoms with Crippen molar-refractivity contribution in [1.82, 2.24) is 9.97 Å². The average molecular weight is 268 g/mol. The Bertz CT molecular complexity index is 571. The van der Waals surface area contributed by atoms with Crippen molar-refractivity contribution in [3.05, 3.63) is 42.2 Å². The molecule has 0 atom stereocenters. The summed E-state index contributed by atoms with van der Waals surface area (Å²) in [7, 11) is 0. The molecule has 20 heavy (non-hydrogen) atoms. The summed E-state index contributed by atoms with van der Waals surface area (Å²) in [5, 5.41) is 0. The SMILES string of the molecule is Cc1cccc(-c2cnc(N3CCC(N)CC3)nc2)c1. The van der Waals surface area contributed by atoms with Crippen molar-refractivity contribution in [2.24, 2.45) is 5.73 Å². The van der Waals surface area contributed by atoms with E-state index in [0.717, 1.165) is 43.0 Å². The third kappa shape index (κ3) is 2.80.